The maximum absolute atomic E-state index is 12.9. The van der Waals surface area contributed by atoms with Crippen molar-refractivity contribution in [2.24, 2.45) is 0 Å². The van der Waals surface area contributed by atoms with Gasteiger partial charge in [-0.2, -0.15) is 0 Å². The molecule has 0 aliphatic carbocycles. The Kier molecular flexibility index (Phi) is 5.86. The quantitative estimate of drug-likeness (QED) is 0.685. The van der Waals surface area contributed by atoms with Crippen molar-refractivity contribution in [1.82, 2.24) is 0 Å². The fourth-order valence-corrected chi connectivity index (χ4v) is 5.61. The Morgan fingerprint density at radius 2 is 1.40 bits per heavy atom. The van der Waals surface area contributed by atoms with Crippen molar-refractivity contribution in [2.45, 2.75) is 16.7 Å². The number of benzene rings is 2. The molecule has 0 aromatic heterocycles. The molecular weight excluding hydrogens is 364 g/mol. The molecule has 0 bridgehead atoms. The fourth-order valence-electron chi connectivity index (χ4n) is 2.01. The summed E-state index contributed by atoms with van der Waals surface area (Å²) in [5.41, 5.74) is 0. The third-order valence-electron chi connectivity index (χ3n) is 3.30. The number of methoxy groups -OCH3 is 1. The standard InChI is InChI=1S/C17H18O6S2/c1-3-23-13-17(24(18,19)15-7-5-4-6-8-15)25(20,21)16-11-9-14(22-2)10-12-16/h4-13H,3H2,1-2H3. The summed E-state index contributed by atoms with van der Waals surface area (Å²) in [7, 11) is -7.14. The minimum atomic E-state index is -4.31. The molecule has 0 amide bonds. The highest BCUT2D eigenvalue weighted by molar-refractivity contribution is 8.14. The first-order valence-corrected chi connectivity index (χ1v) is 10.3. The second kappa shape index (κ2) is 7.71. The van der Waals surface area contributed by atoms with E-state index in [0.29, 0.717) is 5.75 Å². The average Bonchev–Trinajstić information content (AvgIpc) is 2.62. The zero-order valence-corrected chi connectivity index (χ0v) is 15.4. The minimum Gasteiger partial charge on any atom is -0.499 e. The molecule has 0 spiro atoms. The first-order valence-electron chi connectivity index (χ1n) is 7.35. The zero-order chi connectivity index (χ0) is 18.5. The first kappa shape index (κ1) is 19.0. The number of ether oxygens (including phenoxy) is 2. The Balaban J connectivity index is 2.61. The van der Waals surface area contributed by atoms with Crippen molar-refractivity contribution in [3.8, 4) is 5.75 Å². The highest BCUT2D eigenvalue weighted by atomic mass is 32.3. The van der Waals surface area contributed by atoms with Gasteiger partial charge in [0, 0.05) is 0 Å². The molecule has 0 fully saturated rings. The van der Waals surface area contributed by atoms with E-state index in [1.807, 2.05) is 0 Å². The van der Waals surface area contributed by atoms with Crippen molar-refractivity contribution in [1.29, 1.82) is 0 Å². The highest BCUT2D eigenvalue weighted by Crippen LogP contribution is 2.30. The number of rotatable bonds is 7. The third kappa shape index (κ3) is 4.02. The second-order valence-corrected chi connectivity index (χ2v) is 8.98. The predicted molar refractivity (Wildman–Crippen MR) is 93.5 cm³/mol. The largest absolute Gasteiger partial charge is 0.499 e. The van der Waals surface area contributed by atoms with Crippen LogP contribution in [0.2, 0.25) is 0 Å². The van der Waals surface area contributed by atoms with Gasteiger partial charge in [-0.15, -0.1) is 0 Å². The molecule has 134 valence electrons. The van der Waals surface area contributed by atoms with Gasteiger partial charge in [-0.1, -0.05) is 18.2 Å². The van der Waals surface area contributed by atoms with Crippen LogP contribution in [-0.2, 0) is 24.4 Å². The van der Waals surface area contributed by atoms with E-state index in [0.717, 1.165) is 6.26 Å². The smallest absolute Gasteiger partial charge is 0.221 e. The van der Waals surface area contributed by atoms with Crippen molar-refractivity contribution in [2.75, 3.05) is 13.7 Å². The van der Waals surface area contributed by atoms with Gasteiger partial charge in [0.1, 0.15) is 12.0 Å². The summed E-state index contributed by atoms with van der Waals surface area (Å²) in [5, 5.41) is 0. The van der Waals surface area contributed by atoms with E-state index in [4.69, 9.17) is 9.47 Å². The van der Waals surface area contributed by atoms with E-state index < -0.39 is 23.9 Å². The van der Waals surface area contributed by atoms with Crippen molar-refractivity contribution in [3.05, 3.63) is 65.1 Å². The molecule has 25 heavy (non-hydrogen) atoms. The second-order valence-electron chi connectivity index (χ2n) is 4.89. The number of sulfone groups is 2. The first-order chi connectivity index (χ1) is 11.8. The molecule has 0 unspecified atom stereocenters. The Morgan fingerprint density at radius 3 is 1.88 bits per heavy atom. The lowest BCUT2D eigenvalue weighted by molar-refractivity contribution is 0.269. The monoisotopic (exact) mass is 382 g/mol. The van der Waals surface area contributed by atoms with Gasteiger partial charge in [0.25, 0.3) is 0 Å². The summed E-state index contributed by atoms with van der Waals surface area (Å²) in [6.45, 7) is 1.76. The van der Waals surface area contributed by atoms with Crippen LogP contribution >= 0.6 is 0 Å². The maximum atomic E-state index is 12.9. The molecule has 0 aliphatic heterocycles. The van der Waals surface area contributed by atoms with Crippen LogP contribution in [0.5, 0.6) is 5.75 Å². The Morgan fingerprint density at radius 1 is 0.880 bits per heavy atom. The third-order valence-corrected chi connectivity index (χ3v) is 7.65. The van der Waals surface area contributed by atoms with Crippen molar-refractivity contribution in [3.63, 3.8) is 0 Å². The van der Waals surface area contributed by atoms with Gasteiger partial charge >= 0.3 is 0 Å². The van der Waals surface area contributed by atoms with Gasteiger partial charge in [-0.25, -0.2) is 16.8 Å². The molecule has 0 aliphatic rings. The molecule has 6 nitrogen and oxygen atoms in total. The number of hydrogen-bond acceptors (Lipinski definition) is 6. The SMILES string of the molecule is CCOC=C(S(=O)(=O)c1ccccc1)S(=O)(=O)c1ccc(OC)cc1. The molecule has 2 aromatic carbocycles. The molecule has 2 rings (SSSR count). The van der Waals surface area contributed by atoms with E-state index in [2.05, 4.69) is 0 Å². The molecule has 2 aromatic rings. The lowest BCUT2D eigenvalue weighted by atomic mass is 10.3. The molecule has 0 heterocycles. The van der Waals surface area contributed by atoms with Crippen LogP contribution in [-0.4, -0.2) is 30.6 Å². The molecule has 8 heteroatoms. The molecule has 0 atom stereocenters. The fraction of sp³-hybridized carbons (Fsp3) is 0.176. The molecular formula is C17H18O6S2. The normalized spacial score (nSPS) is 12.6. The van der Waals surface area contributed by atoms with Crippen LogP contribution in [0, 0.1) is 0 Å². The van der Waals surface area contributed by atoms with Gasteiger partial charge in [0.15, 0.2) is 0 Å². The van der Waals surface area contributed by atoms with Gasteiger partial charge in [0.2, 0.25) is 23.9 Å². The Bertz CT molecular complexity index is 944. The van der Waals surface area contributed by atoms with Crippen LogP contribution in [0.15, 0.2) is 74.9 Å². The average molecular weight is 382 g/mol. The van der Waals surface area contributed by atoms with Gasteiger partial charge in [-0.3, -0.25) is 0 Å². The summed E-state index contributed by atoms with van der Waals surface area (Å²) in [6.07, 6.45) is 0.780. The predicted octanol–water partition coefficient (Wildman–Crippen LogP) is 2.78. The maximum Gasteiger partial charge on any atom is 0.221 e. The molecule has 0 saturated heterocycles. The van der Waals surface area contributed by atoms with Gasteiger partial charge in [0.05, 0.1) is 23.5 Å². The summed E-state index contributed by atoms with van der Waals surface area (Å²) in [4.78, 5) is -0.295. The van der Waals surface area contributed by atoms with Crippen LogP contribution in [0.3, 0.4) is 0 Å². The van der Waals surface area contributed by atoms with E-state index in [-0.39, 0.29) is 16.4 Å². The molecule has 0 saturated carbocycles. The van der Waals surface area contributed by atoms with E-state index in [9.17, 15) is 16.8 Å². The number of hydrogen-bond donors (Lipinski definition) is 0. The summed E-state index contributed by atoms with van der Waals surface area (Å²) in [6, 6.07) is 12.8. The Hall–Kier alpha value is -2.32. The van der Waals surface area contributed by atoms with Crippen molar-refractivity contribution >= 4 is 19.7 Å². The van der Waals surface area contributed by atoms with Crippen LogP contribution in [0.4, 0.5) is 0 Å². The summed E-state index contributed by atoms with van der Waals surface area (Å²) < 4.78 is 60.6. The van der Waals surface area contributed by atoms with Crippen LogP contribution in [0.25, 0.3) is 0 Å². The van der Waals surface area contributed by atoms with Crippen LogP contribution in [0.1, 0.15) is 6.92 Å². The Labute approximate surface area is 147 Å². The zero-order valence-electron chi connectivity index (χ0n) is 13.7. The lowest BCUT2D eigenvalue weighted by Gasteiger charge is -2.11. The lowest BCUT2D eigenvalue weighted by Crippen LogP contribution is -2.15. The van der Waals surface area contributed by atoms with E-state index in [1.54, 1.807) is 13.0 Å². The summed E-state index contributed by atoms with van der Waals surface area (Å²) >= 11 is 0. The molecule has 0 N–H and O–H groups in total. The van der Waals surface area contributed by atoms with Crippen molar-refractivity contribution < 1.29 is 26.3 Å². The molecule has 0 radical (unpaired) electrons. The van der Waals surface area contributed by atoms with E-state index in [1.165, 1.54) is 55.6 Å². The van der Waals surface area contributed by atoms with Gasteiger partial charge in [-0.05, 0) is 43.3 Å². The highest BCUT2D eigenvalue weighted by Gasteiger charge is 2.34. The van der Waals surface area contributed by atoms with E-state index >= 15 is 0 Å². The summed E-state index contributed by atoms with van der Waals surface area (Å²) in [5.74, 6) is 0.459. The topological polar surface area (TPSA) is 86.7 Å². The minimum absolute atomic E-state index is 0.127. The van der Waals surface area contributed by atoms with Crippen LogP contribution < -0.4 is 4.74 Å². The van der Waals surface area contributed by atoms with Gasteiger partial charge < -0.3 is 9.47 Å².